The Morgan fingerprint density at radius 2 is 1.74 bits per heavy atom. The van der Waals surface area contributed by atoms with Crippen LogP contribution in [0, 0.1) is 5.82 Å². The van der Waals surface area contributed by atoms with Crippen molar-refractivity contribution in [3.63, 3.8) is 0 Å². The van der Waals surface area contributed by atoms with Gasteiger partial charge in [-0.2, -0.15) is 12.6 Å². The molecule has 0 spiro atoms. The molecule has 3 nitrogen and oxygen atoms in total. The number of likely N-dealkylation sites (N-methyl/N-ethyl adjacent to an activating group) is 1. The summed E-state index contributed by atoms with van der Waals surface area (Å²) in [4.78, 5) is 13.8. The summed E-state index contributed by atoms with van der Waals surface area (Å²) >= 11 is 4.29. The predicted molar refractivity (Wildman–Crippen MR) is 93.8 cm³/mol. The molecular weight excluding hydrogens is 313 g/mol. The second-order valence-corrected chi connectivity index (χ2v) is 5.73. The van der Waals surface area contributed by atoms with Gasteiger partial charge in [0.15, 0.2) is 5.54 Å². The minimum Gasteiger partial charge on any atom is -0.479 e. The molecule has 0 aromatic heterocycles. The Morgan fingerprint density at radius 3 is 2.17 bits per heavy atom. The van der Waals surface area contributed by atoms with Crippen molar-refractivity contribution in [3.8, 4) is 0 Å². The van der Waals surface area contributed by atoms with Crippen molar-refractivity contribution >= 4 is 24.3 Å². The number of halogens is 1. The van der Waals surface area contributed by atoms with E-state index in [-0.39, 0.29) is 5.75 Å². The number of thiol groups is 1. The van der Waals surface area contributed by atoms with Crippen molar-refractivity contribution in [1.29, 1.82) is 0 Å². The van der Waals surface area contributed by atoms with Crippen molar-refractivity contribution in [1.82, 2.24) is 0 Å². The van der Waals surface area contributed by atoms with Crippen LogP contribution in [-0.4, -0.2) is 23.9 Å². The van der Waals surface area contributed by atoms with Gasteiger partial charge in [-0.25, -0.2) is 9.18 Å². The molecular formula is C18H20FNO2S. The van der Waals surface area contributed by atoms with E-state index in [2.05, 4.69) is 19.6 Å². The van der Waals surface area contributed by atoms with Gasteiger partial charge in [0.2, 0.25) is 0 Å². The molecule has 0 aliphatic heterocycles. The Morgan fingerprint density at radius 1 is 1.17 bits per heavy atom. The summed E-state index contributed by atoms with van der Waals surface area (Å²) in [6.45, 7) is 2.06. The average Bonchev–Trinajstić information content (AvgIpc) is 2.57. The highest BCUT2D eigenvalue weighted by Crippen LogP contribution is 2.34. The molecule has 0 saturated carbocycles. The van der Waals surface area contributed by atoms with Gasteiger partial charge in [-0.1, -0.05) is 31.2 Å². The molecule has 2 rings (SSSR count). The largest absolute Gasteiger partial charge is 0.479 e. The van der Waals surface area contributed by atoms with Gasteiger partial charge in [-0.3, -0.25) is 0 Å². The third-order valence-electron chi connectivity index (χ3n) is 4.21. The van der Waals surface area contributed by atoms with Crippen LogP contribution in [0.15, 0.2) is 48.5 Å². The van der Waals surface area contributed by atoms with E-state index in [1.165, 1.54) is 29.8 Å². The number of aliphatic carboxylic acids is 1. The quantitative estimate of drug-likeness (QED) is 0.791. The maximum atomic E-state index is 13.2. The molecule has 0 fully saturated rings. The first kappa shape index (κ1) is 17.3. The van der Waals surface area contributed by atoms with E-state index in [1.54, 1.807) is 11.9 Å². The molecule has 5 heteroatoms. The van der Waals surface area contributed by atoms with Gasteiger partial charge in [0.05, 0.1) is 0 Å². The number of carboxylic acid groups (broad SMARTS) is 1. The van der Waals surface area contributed by atoms with Crippen LogP contribution in [0.2, 0.25) is 0 Å². The maximum absolute atomic E-state index is 13.2. The zero-order valence-corrected chi connectivity index (χ0v) is 14.1. The van der Waals surface area contributed by atoms with Crippen molar-refractivity contribution in [2.45, 2.75) is 18.9 Å². The lowest BCUT2D eigenvalue weighted by atomic mass is 9.89. The summed E-state index contributed by atoms with van der Waals surface area (Å²) in [6, 6.07) is 13.3. The first-order valence-corrected chi connectivity index (χ1v) is 8.02. The molecule has 0 unspecified atom stereocenters. The van der Waals surface area contributed by atoms with Crippen LogP contribution in [-0.2, 0) is 16.8 Å². The Bertz CT molecular complexity index is 672. The highest BCUT2D eigenvalue weighted by Gasteiger charge is 2.43. The highest BCUT2D eigenvalue weighted by molar-refractivity contribution is 7.80. The summed E-state index contributed by atoms with van der Waals surface area (Å²) in [5.41, 5.74) is 1.06. The van der Waals surface area contributed by atoms with Gasteiger partial charge in [-0.05, 0) is 41.8 Å². The van der Waals surface area contributed by atoms with Gasteiger partial charge >= 0.3 is 5.97 Å². The molecule has 2 aromatic carbocycles. The summed E-state index contributed by atoms with van der Waals surface area (Å²) in [5.74, 6) is -1.37. The molecule has 2 aromatic rings. The van der Waals surface area contributed by atoms with Crippen LogP contribution in [0.4, 0.5) is 10.1 Å². The Kier molecular flexibility index (Phi) is 5.31. The lowest BCUT2D eigenvalue weighted by molar-refractivity contribution is -0.142. The third-order valence-corrected chi connectivity index (χ3v) is 4.67. The van der Waals surface area contributed by atoms with Gasteiger partial charge < -0.3 is 10.0 Å². The normalized spacial score (nSPS) is 13.4. The molecule has 0 saturated heterocycles. The van der Waals surface area contributed by atoms with Crippen LogP contribution in [0.5, 0.6) is 0 Å². The fourth-order valence-corrected chi connectivity index (χ4v) is 3.16. The smallest absolute Gasteiger partial charge is 0.335 e. The Labute approximate surface area is 141 Å². The Balaban J connectivity index is 2.52. The molecule has 0 aliphatic rings. The fraction of sp³-hybridized carbons (Fsp3) is 0.278. The molecule has 0 bridgehead atoms. The van der Waals surface area contributed by atoms with Crippen molar-refractivity contribution in [2.75, 3.05) is 17.7 Å². The van der Waals surface area contributed by atoms with Crippen LogP contribution >= 0.6 is 12.6 Å². The van der Waals surface area contributed by atoms with Gasteiger partial charge in [0.1, 0.15) is 5.82 Å². The van der Waals surface area contributed by atoms with Crippen molar-refractivity contribution in [3.05, 3.63) is 65.5 Å². The number of rotatable bonds is 6. The number of carboxylic acids is 1. The van der Waals surface area contributed by atoms with E-state index >= 15 is 0 Å². The first-order chi connectivity index (χ1) is 11.0. The number of anilines is 1. The number of carbonyl (C=O) groups is 1. The number of hydrogen-bond donors (Lipinski definition) is 2. The summed E-state index contributed by atoms with van der Waals surface area (Å²) in [7, 11) is 1.72. The second-order valence-electron chi connectivity index (χ2n) is 5.41. The molecule has 0 amide bonds. The fourth-order valence-electron chi connectivity index (χ4n) is 2.63. The first-order valence-electron chi connectivity index (χ1n) is 7.38. The molecule has 122 valence electrons. The number of hydrogen-bond acceptors (Lipinski definition) is 3. The number of nitrogens with zero attached hydrogens (tertiary/aromatic N) is 1. The van der Waals surface area contributed by atoms with E-state index in [9.17, 15) is 14.3 Å². The van der Waals surface area contributed by atoms with E-state index in [0.717, 1.165) is 12.1 Å². The summed E-state index contributed by atoms with van der Waals surface area (Å²) in [6.07, 6.45) is 0.915. The molecule has 0 radical (unpaired) electrons. The maximum Gasteiger partial charge on any atom is 0.335 e. The standard InChI is InChI=1S/C18H20FNO2S/c1-3-13-4-10-16(11-5-13)20(2)18(12-23,17(21)22)14-6-8-15(19)9-7-14/h4-11,23H,3,12H2,1-2H3,(H,21,22)/t18-/m0/s1. The van der Waals surface area contributed by atoms with E-state index in [0.29, 0.717) is 5.56 Å². The number of aryl methyl sites for hydroxylation is 1. The summed E-state index contributed by atoms with van der Waals surface area (Å²) in [5, 5.41) is 9.89. The molecule has 23 heavy (non-hydrogen) atoms. The third kappa shape index (κ3) is 3.20. The van der Waals surface area contributed by atoms with E-state index in [4.69, 9.17) is 0 Å². The van der Waals surface area contributed by atoms with E-state index in [1.807, 2.05) is 24.3 Å². The second kappa shape index (κ2) is 7.04. The molecule has 1 N–H and O–H groups in total. The zero-order chi connectivity index (χ0) is 17.0. The summed E-state index contributed by atoms with van der Waals surface area (Å²) < 4.78 is 13.2. The Hall–Kier alpha value is -2.01. The zero-order valence-electron chi connectivity index (χ0n) is 13.2. The van der Waals surface area contributed by atoms with Gasteiger partial charge in [0.25, 0.3) is 0 Å². The van der Waals surface area contributed by atoms with Crippen LogP contribution < -0.4 is 4.90 Å². The topological polar surface area (TPSA) is 40.5 Å². The van der Waals surface area contributed by atoms with Crippen LogP contribution in [0.3, 0.4) is 0 Å². The van der Waals surface area contributed by atoms with Crippen molar-refractivity contribution < 1.29 is 14.3 Å². The lowest BCUT2D eigenvalue weighted by Gasteiger charge is -2.39. The van der Waals surface area contributed by atoms with Gasteiger partial charge in [-0.15, -0.1) is 0 Å². The van der Waals surface area contributed by atoms with Crippen LogP contribution in [0.1, 0.15) is 18.1 Å². The minimum atomic E-state index is -1.37. The lowest BCUT2D eigenvalue weighted by Crippen LogP contribution is -2.52. The minimum absolute atomic E-state index is 0.0556. The monoisotopic (exact) mass is 333 g/mol. The molecule has 1 atom stereocenters. The number of benzene rings is 2. The highest BCUT2D eigenvalue weighted by atomic mass is 32.1. The van der Waals surface area contributed by atoms with Crippen LogP contribution in [0.25, 0.3) is 0 Å². The molecule has 0 heterocycles. The van der Waals surface area contributed by atoms with Gasteiger partial charge in [0, 0.05) is 18.5 Å². The van der Waals surface area contributed by atoms with Crippen molar-refractivity contribution in [2.24, 2.45) is 0 Å². The predicted octanol–water partition coefficient (Wildman–Crippen LogP) is 3.73. The van der Waals surface area contributed by atoms with E-state index < -0.39 is 17.3 Å². The molecule has 0 aliphatic carbocycles. The average molecular weight is 333 g/mol. The SMILES string of the molecule is CCc1ccc(N(C)[C@](CS)(C(=O)O)c2ccc(F)cc2)cc1.